The molecule has 1 N–H and O–H groups in total. The maximum atomic E-state index is 12.2. The molecule has 1 saturated heterocycles. The van der Waals surface area contributed by atoms with Gasteiger partial charge < -0.3 is 14.8 Å². The lowest BCUT2D eigenvalue weighted by atomic mass is 10.2. The number of carbonyl (C=O) groups excluding carboxylic acids is 2. The average Bonchev–Trinajstić information content (AvgIpc) is 3.23. The minimum atomic E-state index is -0.0565. The van der Waals surface area contributed by atoms with Crippen molar-refractivity contribution in [2.75, 3.05) is 22.5 Å². The number of aromatic nitrogens is 3. The number of carbonyl (C=O) groups is 2. The fraction of sp³-hybridized carbons (Fsp3) is 0.368. The topological polar surface area (TPSA) is 80.1 Å². The maximum Gasteiger partial charge on any atom is 0.227 e. The second-order valence-corrected chi connectivity index (χ2v) is 7.33. The molecule has 0 unspecified atom stereocenters. The molecule has 1 fully saturated rings. The molecule has 1 aliphatic rings. The summed E-state index contributed by atoms with van der Waals surface area (Å²) in [6.45, 7) is 7.05. The molecule has 8 heteroatoms. The van der Waals surface area contributed by atoms with E-state index in [4.69, 9.17) is 0 Å². The molecule has 7 nitrogen and oxygen atoms in total. The predicted molar refractivity (Wildman–Crippen MR) is 107 cm³/mol. The van der Waals surface area contributed by atoms with Crippen molar-refractivity contribution in [3.8, 4) is 0 Å². The molecule has 1 aliphatic heterocycles. The molecule has 0 aliphatic carbocycles. The Morgan fingerprint density at radius 3 is 2.78 bits per heavy atom. The Balaban J connectivity index is 1.48. The molecule has 0 atom stereocenters. The van der Waals surface area contributed by atoms with Gasteiger partial charge in [0.2, 0.25) is 11.8 Å². The number of benzene rings is 1. The summed E-state index contributed by atoms with van der Waals surface area (Å²) in [6.07, 6.45) is 3.68. The number of amides is 2. The van der Waals surface area contributed by atoms with Gasteiger partial charge in [0.15, 0.2) is 5.16 Å². The highest BCUT2D eigenvalue weighted by atomic mass is 32.2. The Bertz CT molecular complexity index is 831. The molecule has 0 radical (unpaired) electrons. The minimum Gasteiger partial charge on any atom is -0.326 e. The van der Waals surface area contributed by atoms with Crippen LogP contribution in [0.4, 0.5) is 11.4 Å². The zero-order valence-corrected chi connectivity index (χ0v) is 16.2. The third-order valence-corrected chi connectivity index (χ3v) is 5.28. The summed E-state index contributed by atoms with van der Waals surface area (Å²) in [6, 6.07) is 7.40. The third kappa shape index (κ3) is 4.77. The quantitative estimate of drug-likeness (QED) is 0.558. The molecule has 142 valence electrons. The van der Waals surface area contributed by atoms with Crippen molar-refractivity contribution in [2.24, 2.45) is 0 Å². The van der Waals surface area contributed by atoms with E-state index >= 15 is 0 Å². The van der Waals surface area contributed by atoms with Crippen molar-refractivity contribution in [3.63, 3.8) is 0 Å². The molecular weight excluding hydrogens is 362 g/mol. The first kappa shape index (κ1) is 19.2. The molecule has 2 amide bonds. The Morgan fingerprint density at radius 1 is 1.33 bits per heavy atom. The minimum absolute atomic E-state index is 0.0565. The van der Waals surface area contributed by atoms with Crippen LogP contribution in [-0.2, 0) is 16.1 Å². The van der Waals surface area contributed by atoms with Gasteiger partial charge >= 0.3 is 0 Å². The largest absolute Gasteiger partial charge is 0.326 e. The molecule has 27 heavy (non-hydrogen) atoms. The Kier molecular flexibility index (Phi) is 6.28. The zero-order chi connectivity index (χ0) is 19.2. The molecule has 0 bridgehead atoms. The van der Waals surface area contributed by atoms with Crippen LogP contribution in [-0.4, -0.2) is 38.9 Å². The van der Waals surface area contributed by atoms with Crippen molar-refractivity contribution < 1.29 is 9.59 Å². The predicted octanol–water partition coefficient (Wildman–Crippen LogP) is 3.02. The van der Waals surface area contributed by atoms with Crippen molar-refractivity contribution in [2.45, 2.75) is 37.9 Å². The van der Waals surface area contributed by atoms with Gasteiger partial charge in [0.05, 0.1) is 0 Å². The van der Waals surface area contributed by atoms with E-state index in [1.54, 1.807) is 11.0 Å². The number of allylic oxidation sites excluding steroid dienone is 1. The van der Waals surface area contributed by atoms with Crippen molar-refractivity contribution in [3.05, 3.63) is 42.7 Å². The number of hydrogen-bond donors (Lipinski definition) is 1. The van der Waals surface area contributed by atoms with Crippen molar-refractivity contribution >= 4 is 35.0 Å². The number of nitrogens with zero attached hydrogens (tertiary/aromatic N) is 4. The number of anilines is 2. The highest BCUT2D eigenvalue weighted by Gasteiger charge is 2.21. The zero-order valence-electron chi connectivity index (χ0n) is 15.4. The summed E-state index contributed by atoms with van der Waals surface area (Å²) in [5.74, 6) is 1.54. The molecular formula is C19H23N5O2S. The van der Waals surface area contributed by atoms with Gasteiger partial charge in [-0.2, -0.15) is 0 Å². The van der Waals surface area contributed by atoms with Gasteiger partial charge in [-0.3, -0.25) is 9.59 Å². The number of aryl methyl sites for hydroxylation is 1. The molecule has 2 aromatic rings. The van der Waals surface area contributed by atoms with E-state index in [-0.39, 0.29) is 11.8 Å². The Hall–Kier alpha value is -2.61. The highest BCUT2D eigenvalue weighted by Crippen LogP contribution is 2.23. The van der Waals surface area contributed by atoms with E-state index in [0.29, 0.717) is 25.1 Å². The van der Waals surface area contributed by atoms with E-state index in [0.717, 1.165) is 35.3 Å². The van der Waals surface area contributed by atoms with Crippen LogP contribution < -0.4 is 10.2 Å². The van der Waals surface area contributed by atoms with Gasteiger partial charge in [-0.1, -0.05) is 17.8 Å². The van der Waals surface area contributed by atoms with Crippen LogP contribution in [0.1, 0.15) is 25.1 Å². The lowest BCUT2D eigenvalue weighted by molar-refractivity contribution is -0.117. The maximum absolute atomic E-state index is 12.2. The fourth-order valence-electron chi connectivity index (χ4n) is 2.91. The standard InChI is InChI=1S/C19H23N5O2S/c1-3-11-23-14(2)21-22-19(23)27-13-10-17(25)20-15-6-8-16(9-7-15)24-12-4-5-18(24)26/h3,6-9H,1,4-5,10-13H2,2H3,(H,20,25). The first-order valence-corrected chi connectivity index (χ1v) is 9.91. The van der Waals surface area contributed by atoms with Crippen LogP contribution in [0.3, 0.4) is 0 Å². The number of thioether (sulfide) groups is 1. The summed E-state index contributed by atoms with van der Waals surface area (Å²) < 4.78 is 1.97. The smallest absolute Gasteiger partial charge is 0.227 e. The Labute approximate surface area is 162 Å². The van der Waals surface area contributed by atoms with Crippen LogP contribution in [0.5, 0.6) is 0 Å². The Morgan fingerprint density at radius 2 is 2.11 bits per heavy atom. The van der Waals surface area contributed by atoms with Crippen molar-refractivity contribution in [1.82, 2.24) is 14.8 Å². The van der Waals surface area contributed by atoms with Crippen LogP contribution in [0.2, 0.25) is 0 Å². The van der Waals surface area contributed by atoms with E-state index in [9.17, 15) is 9.59 Å². The molecule has 0 spiro atoms. The van der Waals surface area contributed by atoms with Gasteiger partial charge in [-0.15, -0.1) is 16.8 Å². The van der Waals surface area contributed by atoms with Gasteiger partial charge in [0.25, 0.3) is 0 Å². The van der Waals surface area contributed by atoms with Crippen molar-refractivity contribution in [1.29, 1.82) is 0 Å². The average molecular weight is 385 g/mol. The molecule has 2 heterocycles. The van der Waals surface area contributed by atoms with E-state index < -0.39 is 0 Å². The number of nitrogens with one attached hydrogen (secondary N) is 1. The first-order valence-electron chi connectivity index (χ1n) is 8.92. The van der Waals surface area contributed by atoms with E-state index in [1.165, 1.54) is 11.8 Å². The van der Waals surface area contributed by atoms with Crippen LogP contribution >= 0.6 is 11.8 Å². The second kappa shape index (κ2) is 8.85. The lowest BCUT2D eigenvalue weighted by Crippen LogP contribution is -2.23. The van der Waals surface area contributed by atoms with E-state index in [1.807, 2.05) is 35.8 Å². The van der Waals surface area contributed by atoms with E-state index in [2.05, 4.69) is 22.1 Å². The van der Waals surface area contributed by atoms with Crippen LogP contribution in [0.25, 0.3) is 0 Å². The summed E-state index contributed by atoms with van der Waals surface area (Å²) in [5.41, 5.74) is 1.61. The summed E-state index contributed by atoms with van der Waals surface area (Å²) in [4.78, 5) is 25.7. The molecule has 0 saturated carbocycles. The second-order valence-electron chi connectivity index (χ2n) is 6.27. The summed E-state index contributed by atoms with van der Waals surface area (Å²) in [7, 11) is 0. The van der Waals surface area contributed by atoms with Crippen LogP contribution in [0, 0.1) is 6.92 Å². The van der Waals surface area contributed by atoms with Gasteiger partial charge in [-0.25, -0.2) is 0 Å². The normalized spacial score (nSPS) is 13.8. The lowest BCUT2D eigenvalue weighted by Gasteiger charge is -2.16. The third-order valence-electron chi connectivity index (χ3n) is 4.31. The number of rotatable bonds is 8. The summed E-state index contributed by atoms with van der Waals surface area (Å²) in [5, 5.41) is 11.9. The molecule has 1 aromatic heterocycles. The molecule has 1 aromatic carbocycles. The first-order chi connectivity index (χ1) is 13.1. The SMILES string of the molecule is C=CCn1c(C)nnc1SCCC(=O)Nc1ccc(N2CCCC2=O)cc1. The van der Waals surface area contributed by atoms with Gasteiger partial charge in [-0.05, 0) is 37.6 Å². The molecule has 3 rings (SSSR count). The van der Waals surface area contributed by atoms with Gasteiger partial charge in [0.1, 0.15) is 5.82 Å². The number of hydrogen-bond acceptors (Lipinski definition) is 5. The summed E-state index contributed by atoms with van der Waals surface area (Å²) >= 11 is 1.50. The van der Waals surface area contributed by atoms with Gasteiger partial charge in [0, 0.05) is 43.1 Å². The monoisotopic (exact) mass is 385 g/mol. The fourth-order valence-corrected chi connectivity index (χ4v) is 3.84. The van der Waals surface area contributed by atoms with Crippen LogP contribution in [0.15, 0.2) is 42.1 Å². The highest BCUT2D eigenvalue weighted by molar-refractivity contribution is 7.99.